The molecule has 5 nitrogen and oxygen atoms in total. The van der Waals surface area contributed by atoms with Gasteiger partial charge in [0.15, 0.2) is 0 Å². The van der Waals surface area contributed by atoms with Crippen molar-refractivity contribution in [3.8, 4) is 0 Å². The van der Waals surface area contributed by atoms with E-state index in [1.807, 2.05) is 19.1 Å². The van der Waals surface area contributed by atoms with Gasteiger partial charge in [-0.2, -0.15) is 0 Å². The zero-order valence-corrected chi connectivity index (χ0v) is 11.7. The number of rotatable bonds is 3. The highest BCUT2D eigenvalue weighted by molar-refractivity contribution is 7.80. The van der Waals surface area contributed by atoms with Gasteiger partial charge in [-0.05, 0) is 31.9 Å². The molecule has 2 rings (SSSR count). The number of primary amides is 1. The third-order valence-corrected chi connectivity index (χ3v) is 3.62. The minimum absolute atomic E-state index is 0.129. The highest BCUT2D eigenvalue weighted by atomic mass is 32.1. The predicted octanol–water partition coefficient (Wildman–Crippen LogP) is 0.726. The molecule has 102 valence electrons. The van der Waals surface area contributed by atoms with E-state index in [-0.39, 0.29) is 11.8 Å². The number of carbonyl (C=O) groups excluding carboxylic acids is 1. The second-order valence-electron chi connectivity index (χ2n) is 4.88. The van der Waals surface area contributed by atoms with Crippen molar-refractivity contribution in [3.05, 3.63) is 23.4 Å². The lowest BCUT2D eigenvalue weighted by Crippen LogP contribution is -2.42. The van der Waals surface area contributed by atoms with E-state index in [0.29, 0.717) is 11.5 Å². The van der Waals surface area contributed by atoms with Gasteiger partial charge < -0.3 is 16.4 Å². The third kappa shape index (κ3) is 3.01. The number of hydrogen-bond donors (Lipinski definition) is 2. The molecule has 1 aromatic rings. The van der Waals surface area contributed by atoms with E-state index in [9.17, 15) is 4.79 Å². The summed E-state index contributed by atoms with van der Waals surface area (Å²) in [4.78, 5) is 18.2. The number of nitrogens with zero attached hydrogens (tertiary/aromatic N) is 2. The Hall–Kier alpha value is -1.69. The summed E-state index contributed by atoms with van der Waals surface area (Å²) in [6.45, 7) is 3.35. The van der Waals surface area contributed by atoms with Crippen LogP contribution in [0, 0.1) is 12.8 Å². The first-order valence-electron chi connectivity index (χ1n) is 6.30. The summed E-state index contributed by atoms with van der Waals surface area (Å²) in [5, 5.41) is 0. The fraction of sp³-hybridized carbons (Fsp3) is 0.462. The Bertz CT molecular complexity index is 517. The van der Waals surface area contributed by atoms with Crippen molar-refractivity contribution in [1.82, 2.24) is 4.98 Å². The van der Waals surface area contributed by atoms with E-state index in [4.69, 9.17) is 23.7 Å². The Labute approximate surface area is 118 Å². The molecule has 0 aliphatic carbocycles. The summed E-state index contributed by atoms with van der Waals surface area (Å²) in [5.41, 5.74) is 12.8. The number of anilines is 1. The SMILES string of the molecule is Cc1ccc(C(N)=S)c(N2CCCC(C(N)=O)C2)n1. The van der Waals surface area contributed by atoms with Gasteiger partial charge in [0.05, 0.1) is 11.5 Å². The number of hydrogen-bond acceptors (Lipinski definition) is 4. The standard InChI is InChI=1S/C13H18N4OS/c1-8-4-5-10(12(15)19)13(16-8)17-6-2-3-9(7-17)11(14)18/h4-5,9H,2-3,6-7H2,1H3,(H2,14,18)(H2,15,19). The minimum atomic E-state index is -0.255. The van der Waals surface area contributed by atoms with Gasteiger partial charge in [-0.3, -0.25) is 4.79 Å². The lowest BCUT2D eigenvalue weighted by molar-refractivity contribution is -0.122. The number of amides is 1. The molecule has 1 aliphatic heterocycles. The fourth-order valence-corrected chi connectivity index (χ4v) is 2.54. The van der Waals surface area contributed by atoms with Crippen molar-refractivity contribution in [2.45, 2.75) is 19.8 Å². The molecular formula is C13H18N4OS. The van der Waals surface area contributed by atoms with Crippen LogP contribution in [0.3, 0.4) is 0 Å². The van der Waals surface area contributed by atoms with Crippen molar-refractivity contribution >= 4 is 28.9 Å². The van der Waals surface area contributed by atoms with Crippen molar-refractivity contribution in [3.63, 3.8) is 0 Å². The molecule has 1 aromatic heterocycles. The van der Waals surface area contributed by atoms with Gasteiger partial charge in [-0.25, -0.2) is 4.98 Å². The largest absolute Gasteiger partial charge is 0.389 e. The molecule has 0 saturated carbocycles. The maximum Gasteiger partial charge on any atom is 0.222 e. The van der Waals surface area contributed by atoms with Crippen LogP contribution in [-0.4, -0.2) is 29.0 Å². The van der Waals surface area contributed by atoms with Crippen molar-refractivity contribution < 1.29 is 4.79 Å². The Kier molecular flexibility index (Phi) is 3.99. The third-order valence-electron chi connectivity index (χ3n) is 3.40. The average molecular weight is 278 g/mol. The minimum Gasteiger partial charge on any atom is -0.389 e. The van der Waals surface area contributed by atoms with Gasteiger partial charge in [0.25, 0.3) is 0 Å². The predicted molar refractivity (Wildman–Crippen MR) is 79.0 cm³/mol. The fourth-order valence-electron chi connectivity index (χ4n) is 2.38. The van der Waals surface area contributed by atoms with Crippen LogP contribution < -0.4 is 16.4 Å². The highest BCUT2D eigenvalue weighted by Gasteiger charge is 2.26. The number of carbonyl (C=O) groups is 1. The Morgan fingerprint density at radius 3 is 2.84 bits per heavy atom. The lowest BCUT2D eigenvalue weighted by atomic mass is 9.97. The van der Waals surface area contributed by atoms with Crippen molar-refractivity contribution in [2.75, 3.05) is 18.0 Å². The van der Waals surface area contributed by atoms with Gasteiger partial charge in [0.2, 0.25) is 5.91 Å². The smallest absolute Gasteiger partial charge is 0.222 e. The summed E-state index contributed by atoms with van der Waals surface area (Å²) < 4.78 is 0. The van der Waals surface area contributed by atoms with Crippen LogP contribution in [0.4, 0.5) is 5.82 Å². The second-order valence-corrected chi connectivity index (χ2v) is 5.32. The molecule has 1 saturated heterocycles. The van der Waals surface area contributed by atoms with E-state index < -0.39 is 0 Å². The summed E-state index contributed by atoms with van der Waals surface area (Å²) in [6.07, 6.45) is 1.75. The second kappa shape index (κ2) is 5.52. The van der Waals surface area contributed by atoms with Crippen LogP contribution in [-0.2, 0) is 4.79 Å². The van der Waals surface area contributed by atoms with Gasteiger partial charge in [0.1, 0.15) is 10.8 Å². The molecule has 0 bridgehead atoms. The number of nitrogens with two attached hydrogens (primary N) is 2. The molecule has 4 N–H and O–H groups in total. The molecule has 0 radical (unpaired) electrons. The van der Waals surface area contributed by atoms with Gasteiger partial charge >= 0.3 is 0 Å². The Balaban J connectivity index is 2.32. The van der Waals surface area contributed by atoms with Gasteiger partial charge in [-0.15, -0.1) is 0 Å². The number of aromatic nitrogens is 1. The van der Waals surface area contributed by atoms with Crippen LogP contribution in [0.15, 0.2) is 12.1 Å². The normalized spacial score (nSPS) is 19.2. The molecule has 2 heterocycles. The molecule has 1 atom stereocenters. The number of aryl methyl sites for hydroxylation is 1. The van der Waals surface area contributed by atoms with Crippen LogP contribution >= 0.6 is 12.2 Å². The number of piperidine rings is 1. The topological polar surface area (TPSA) is 85.2 Å². The van der Waals surface area contributed by atoms with Crippen LogP contribution in [0.25, 0.3) is 0 Å². The van der Waals surface area contributed by atoms with Crippen molar-refractivity contribution in [1.29, 1.82) is 0 Å². The van der Waals surface area contributed by atoms with Gasteiger partial charge in [0, 0.05) is 18.8 Å². The zero-order valence-electron chi connectivity index (χ0n) is 10.9. The van der Waals surface area contributed by atoms with Crippen LogP contribution in [0.1, 0.15) is 24.1 Å². The zero-order chi connectivity index (χ0) is 14.0. The molecule has 6 heteroatoms. The Morgan fingerprint density at radius 1 is 1.47 bits per heavy atom. The first-order valence-corrected chi connectivity index (χ1v) is 6.71. The quantitative estimate of drug-likeness (QED) is 0.796. The van der Waals surface area contributed by atoms with Crippen LogP contribution in [0.2, 0.25) is 0 Å². The van der Waals surface area contributed by atoms with Gasteiger partial charge in [-0.1, -0.05) is 12.2 Å². The highest BCUT2D eigenvalue weighted by Crippen LogP contribution is 2.25. The summed E-state index contributed by atoms with van der Waals surface area (Å²) in [6, 6.07) is 3.77. The molecule has 19 heavy (non-hydrogen) atoms. The van der Waals surface area contributed by atoms with Crippen LogP contribution in [0.5, 0.6) is 0 Å². The molecule has 1 fully saturated rings. The maximum atomic E-state index is 11.3. The first kappa shape index (κ1) is 13.7. The number of thiocarbonyl (C=S) groups is 1. The van der Waals surface area contributed by atoms with E-state index in [2.05, 4.69) is 9.88 Å². The van der Waals surface area contributed by atoms with E-state index >= 15 is 0 Å². The lowest BCUT2D eigenvalue weighted by Gasteiger charge is -2.33. The molecular weight excluding hydrogens is 260 g/mol. The summed E-state index contributed by atoms with van der Waals surface area (Å²) in [5.74, 6) is 0.378. The molecule has 1 unspecified atom stereocenters. The van der Waals surface area contributed by atoms with E-state index in [0.717, 1.165) is 36.5 Å². The average Bonchev–Trinajstić information content (AvgIpc) is 2.38. The van der Waals surface area contributed by atoms with E-state index in [1.165, 1.54) is 0 Å². The first-order chi connectivity index (χ1) is 8.99. The number of pyridine rings is 1. The van der Waals surface area contributed by atoms with Crippen molar-refractivity contribution in [2.24, 2.45) is 17.4 Å². The summed E-state index contributed by atoms with van der Waals surface area (Å²) in [7, 11) is 0. The Morgan fingerprint density at radius 2 is 2.21 bits per heavy atom. The molecule has 1 amide bonds. The molecule has 0 spiro atoms. The summed E-state index contributed by atoms with van der Waals surface area (Å²) >= 11 is 5.06. The monoisotopic (exact) mass is 278 g/mol. The molecule has 0 aromatic carbocycles. The van der Waals surface area contributed by atoms with E-state index in [1.54, 1.807) is 0 Å². The molecule has 1 aliphatic rings. The maximum absolute atomic E-state index is 11.3.